The van der Waals surface area contributed by atoms with E-state index in [2.05, 4.69) is 11.8 Å². The first-order chi connectivity index (χ1) is 10.0. The fraction of sp³-hybridized carbons (Fsp3) is 0.471. The summed E-state index contributed by atoms with van der Waals surface area (Å²) in [4.78, 5) is 14.3. The monoisotopic (exact) mass is 287 g/mol. The van der Waals surface area contributed by atoms with Crippen LogP contribution in [-0.2, 0) is 0 Å². The van der Waals surface area contributed by atoms with Gasteiger partial charge in [0.05, 0.1) is 6.10 Å². The number of carbonyl (C=O) groups is 1. The van der Waals surface area contributed by atoms with Gasteiger partial charge in [0.25, 0.3) is 5.91 Å². The van der Waals surface area contributed by atoms with Crippen LogP contribution in [0.2, 0.25) is 0 Å². The summed E-state index contributed by atoms with van der Waals surface area (Å²) in [6, 6.07) is 5.50. The van der Waals surface area contributed by atoms with Gasteiger partial charge in [-0.1, -0.05) is 11.8 Å². The van der Waals surface area contributed by atoms with Crippen LogP contribution in [0.1, 0.15) is 34.8 Å². The van der Waals surface area contributed by atoms with Gasteiger partial charge in [-0.25, -0.2) is 0 Å². The highest BCUT2D eigenvalue weighted by Crippen LogP contribution is 2.22. The molecule has 2 atom stereocenters. The third-order valence-corrected chi connectivity index (χ3v) is 3.83. The number of aryl methyl sites for hydroxylation is 1. The fourth-order valence-electron chi connectivity index (χ4n) is 2.67. The molecule has 1 aromatic carbocycles. The van der Waals surface area contributed by atoms with Crippen LogP contribution in [0.4, 0.5) is 0 Å². The molecule has 0 aliphatic carbocycles. The number of amides is 1. The average molecular weight is 287 g/mol. The lowest BCUT2D eigenvalue weighted by Gasteiger charge is -2.18. The second kappa shape index (κ2) is 6.75. The topological polar surface area (TPSA) is 60.8 Å². The molecule has 4 nitrogen and oxygen atoms in total. The van der Waals surface area contributed by atoms with Crippen LogP contribution in [0.3, 0.4) is 0 Å². The smallest absolute Gasteiger partial charge is 0.253 e. The minimum absolute atomic E-state index is 0.0195. The third-order valence-electron chi connectivity index (χ3n) is 3.83. The van der Waals surface area contributed by atoms with Gasteiger partial charge in [0.15, 0.2) is 0 Å². The van der Waals surface area contributed by atoms with Crippen molar-refractivity contribution in [1.29, 1.82) is 0 Å². The van der Waals surface area contributed by atoms with Crippen molar-refractivity contribution in [3.63, 3.8) is 0 Å². The van der Waals surface area contributed by atoms with Crippen LogP contribution in [0.5, 0.6) is 0 Å². The van der Waals surface area contributed by atoms with Crippen molar-refractivity contribution in [2.45, 2.75) is 26.4 Å². The van der Waals surface area contributed by atoms with E-state index < -0.39 is 0 Å². The molecular formula is C17H21NO3. The summed E-state index contributed by atoms with van der Waals surface area (Å²) in [7, 11) is 0. The first-order valence-corrected chi connectivity index (χ1v) is 7.20. The van der Waals surface area contributed by atoms with Gasteiger partial charge in [-0.15, -0.1) is 0 Å². The maximum absolute atomic E-state index is 12.5. The van der Waals surface area contributed by atoms with E-state index in [1.807, 2.05) is 19.1 Å². The third kappa shape index (κ3) is 3.84. The number of hydrogen-bond acceptors (Lipinski definition) is 3. The zero-order chi connectivity index (χ0) is 15.4. The van der Waals surface area contributed by atoms with Gasteiger partial charge < -0.3 is 15.1 Å². The second-order valence-electron chi connectivity index (χ2n) is 5.59. The van der Waals surface area contributed by atoms with E-state index in [4.69, 9.17) is 5.11 Å². The molecule has 0 bridgehead atoms. The van der Waals surface area contributed by atoms with E-state index in [0.717, 1.165) is 17.5 Å². The Kier molecular flexibility index (Phi) is 5.00. The standard InChI is InChI=1S/C17H21NO3/c1-12-8-14(4-3-7-19)10-16(9-12)17(21)18-6-5-15(11-18)13(2)20/h8-10,13,15,19-20H,5-7,11H2,1-2H3. The number of hydrogen-bond donors (Lipinski definition) is 2. The summed E-state index contributed by atoms with van der Waals surface area (Å²) in [5.74, 6) is 5.57. The number of carbonyl (C=O) groups excluding carboxylic acids is 1. The summed E-state index contributed by atoms with van der Waals surface area (Å²) in [5, 5.41) is 18.4. The van der Waals surface area contributed by atoms with E-state index in [9.17, 15) is 9.90 Å². The number of benzene rings is 1. The molecule has 1 amide bonds. The Bertz CT molecular complexity index is 583. The van der Waals surface area contributed by atoms with Crippen LogP contribution in [0.25, 0.3) is 0 Å². The molecule has 1 heterocycles. The van der Waals surface area contributed by atoms with Gasteiger partial charge in [-0.3, -0.25) is 4.79 Å². The molecule has 0 saturated carbocycles. The molecule has 1 aliphatic rings. The zero-order valence-corrected chi connectivity index (χ0v) is 12.5. The minimum Gasteiger partial charge on any atom is -0.393 e. The van der Waals surface area contributed by atoms with Crippen molar-refractivity contribution in [2.75, 3.05) is 19.7 Å². The average Bonchev–Trinajstić information content (AvgIpc) is 2.93. The SMILES string of the molecule is Cc1cc(C#CCO)cc(C(=O)N2CCC(C(C)O)C2)c1. The highest BCUT2D eigenvalue weighted by atomic mass is 16.3. The van der Waals surface area contributed by atoms with E-state index in [1.54, 1.807) is 17.9 Å². The molecule has 2 unspecified atom stereocenters. The fourth-order valence-corrected chi connectivity index (χ4v) is 2.67. The van der Waals surface area contributed by atoms with Gasteiger partial charge in [0.1, 0.15) is 6.61 Å². The second-order valence-corrected chi connectivity index (χ2v) is 5.59. The van der Waals surface area contributed by atoms with Crippen molar-refractivity contribution in [1.82, 2.24) is 4.90 Å². The van der Waals surface area contributed by atoms with Crippen LogP contribution in [-0.4, -0.2) is 46.8 Å². The Morgan fingerprint density at radius 2 is 2.24 bits per heavy atom. The molecule has 112 valence electrons. The lowest BCUT2D eigenvalue weighted by molar-refractivity contribution is 0.0762. The molecule has 4 heteroatoms. The van der Waals surface area contributed by atoms with E-state index >= 15 is 0 Å². The maximum Gasteiger partial charge on any atom is 0.253 e. The lowest BCUT2D eigenvalue weighted by Crippen LogP contribution is -2.30. The molecule has 1 aromatic rings. The molecule has 2 N–H and O–H groups in total. The van der Waals surface area contributed by atoms with Gasteiger partial charge in [-0.2, -0.15) is 0 Å². The zero-order valence-electron chi connectivity index (χ0n) is 12.5. The highest BCUT2D eigenvalue weighted by Gasteiger charge is 2.29. The summed E-state index contributed by atoms with van der Waals surface area (Å²) in [6.07, 6.45) is 0.457. The molecular weight excluding hydrogens is 266 g/mol. The number of rotatable bonds is 2. The summed E-state index contributed by atoms with van der Waals surface area (Å²) in [5.41, 5.74) is 2.32. The van der Waals surface area contributed by atoms with E-state index in [1.165, 1.54) is 0 Å². The molecule has 1 fully saturated rings. The quantitative estimate of drug-likeness (QED) is 0.803. The van der Waals surface area contributed by atoms with Gasteiger partial charge in [-0.05, 0) is 44.0 Å². The molecule has 21 heavy (non-hydrogen) atoms. The van der Waals surface area contributed by atoms with Crippen molar-refractivity contribution in [3.05, 3.63) is 34.9 Å². The Morgan fingerprint density at radius 3 is 2.86 bits per heavy atom. The Labute approximate surface area is 125 Å². The number of nitrogens with zero attached hydrogens (tertiary/aromatic N) is 1. The summed E-state index contributed by atoms with van der Waals surface area (Å²) in [6.45, 7) is 4.78. The van der Waals surface area contributed by atoms with Crippen molar-refractivity contribution < 1.29 is 15.0 Å². The molecule has 1 saturated heterocycles. The Balaban J connectivity index is 2.18. The number of likely N-dealkylation sites (tertiary alicyclic amines) is 1. The Hall–Kier alpha value is -1.83. The van der Waals surface area contributed by atoms with E-state index in [0.29, 0.717) is 18.7 Å². The lowest BCUT2D eigenvalue weighted by atomic mass is 10.0. The molecule has 0 radical (unpaired) electrons. The summed E-state index contributed by atoms with van der Waals surface area (Å²) >= 11 is 0. The van der Waals surface area contributed by atoms with Crippen LogP contribution in [0.15, 0.2) is 18.2 Å². The van der Waals surface area contributed by atoms with Crippen LogP contribution >= 0.6 is 0 Å². The molecule has 0 spiro atoms. The van der Waals surface area contributed by atoms with Crippen LogP contribution in [0, 0.1) is 24.7 Å². The van der Waals surface area contributed by atoms with Gasteiger partial charge in [0, 0.05) is 30.1 Å². The van der Waals surface area contributed by atoms with Gasteiger partial charge in [0.2, 0.25) is 0 Å². The Morgan fingerprint density at radius 1 is 1.48 bits per heavy atom. The van der Waals surface area contributed by atoms with Crippen molar-refractivity contribution in [3.8, 4) is 11.8 Å². The molecule has 0 aromatic heterocycles. The minimum atomic E-state index is -0.383. The maximum atomic E-state index is 12.5. The first-order valence-electron chi connectivity index (χ1n) is 7.20. The van der Waals surface area contributed by atoms with Gasteiger partial charge >= 0.3 is 0 Å². The molecule has 2 rings (SSSR count). The predicted molar refractivity (Wildman–Crippen MR) is 80.8 cm³/mol. The van der Waals surface area contributed by atoms with E-state index in [-0.39, 0.29) is 24.5 Å². The molecule has 1 aliphatic heterocycles. The first kappa shape index (κ1) is 15.6. The largest absolute Gasteiger partial charge is 0.393 e. The van der Waals surface area contributed by atoms with Crippen molar-refractivity contribution in [2.24, 2.45) is 5.92 Å². The van der Waals surface area contributed by atoms with Crippen molar-refractivity contribution >= 4 is 5.91 Å². The van der Waals surface area contributed by atoms with Crippen LogP contribution < -0.4 is 0 Å². The number of aliphatic hydroxyl groups is 2. The summed E-state index contributed by atoms with van der Waals surface area (Å²) < 4.78 is 0. The normalized spacial score (nSPS) is 19.0. The predicted octanol–water partition coefficient (Wildman–Crippen LogP) is 1.18. The number of aliphatic hydroxyl groups excluding tert-OH is 2. The highest BCUT2D eigenvalue weighted by molar-refractivity contribution is 5.95.